The number of carbonyl (C=O) groups is 1. The van der Waals surface area contributed by atoms with E-state index in [4.69, 9.17) is 4.74 Å². The Morgan fingerprint density at radius 1 is 1.24 bits per heavy atom. The van der Waals surface area contributed by atoms with Crippen LogP contribution >= 0.6 is 0 Å². The molecule has 1 aliphatic rings. The van der Waals surface area contributed by atoms with E-state index < -0.39 is 10.8 Å². The summed E-state index contributed by atoms with van der Waals surface area (Å²) in [7, 11) is 0.430. The minimum atomic E-state index is -1.14. The van der Waals surface area contributed by atoms with Crippen LogP contribution in [0, 0.1) is 0 Å². The fraction of sp³-hybridized carbons (Fsp3) is 0.462. The largest absolute Gasteiger partial charge is 0.495 e. The van der Waals surface area contributed by atoms with Crippen LogP contribution in [0.2, 0.25) is 0 Å². The zero-order chi connectivity index (χ0) is 12.4. The summed E-state index contributed by atoms with van der Waals surface area (Å²) in [5.74, 6) is 0.783. The Morgan fingerprint density at radius 3 is 2.59 bits per heavy atom. The molecule has 0 aromatic heterocycles. The molecule has 2 rings (SSSR count). The first-order valence-electron chi connectivity index (χ1n) is 5.71. The molecule has 0 unspecified atom stereocenters. The predicted molar refractivity (Wildman–Crippen MR) is 67.2 cm³/mol. The lowest BCUT2D eigenvalue weighted by Crippen LogP contribution is -2.04. The van der Waals surface area contributed by atoms with Gasteiger partial charge in [-0.3, -0.25) is 9.00 Å². The van der Waals surface area contributed by atoms with E-state index in [-0.39, 0.29) is 5.78 Å². The highest BCUT2D eigenvalue weighted by Crippen LogP contribution is 2.30. The van der Waals surface area contributed by atoms with Gasteiger partial charge in [0, 0.05) is 18.2 Å². The van der Waals surface area contributed by atoms with E-state index in [1.807, 2.05) is 6.07 Å². The van der Waals surface area contributed by atoms with Crippen LogP contribution in [0.4, 0.5) is 0 Å². The smallest absolute Gasteiger partial charge is 0.163 e. The Kier molecular flexibility index (Phi) is 3.62. The lowest BCUT2D eigenvalue weighted by molar-refractivity contribution is 0.0982. The van der Waals surface area contributed by atoms with Gasteiger partial charge in [0.05, 0.1) is 22.8 Å². The molecule has 17 heavy (non-hydrogen) atoms. The molecule has 92 valence electrons. The third-order valence-corrected chi connectivity index (χ3v) is 4.04. The number of hydrogen-bond acceptors (Lipinski definition) is 3. The molecule has 0 fully saturated rings. The quantitative estimate of drug-likeness (QED) is 0.759. The van der Waals surface area contributed by atoms with E-state index in [2.05, 4.69) is 0 Å². The van der Waals surface area contributed by atoms with E-state index in [0.29, 0.717) is 17.1 Å². The SMILES string of the molecule is COc1cc2c(cc1[S@](C)=O)C(=O)CCCC2. The molecule has 0 aliphatic heterocycles. The number of ether oxygens (including phenoxy) is 1. The van der Waals surface area contributed by atoms with Gasteiger partial charge in [0.25, 0.3) is 0 Å². The number of benzene rings is 1. The third kappa shape index (κ3) is 2.41. The Labute approximate surface area is 104 Å². The minimum Gasteiger partial charge on any atom is -0.495 e. The second kappa shape index (κ2) is 5.00. The van der Waals surface area contributed by atoms with Gasteiger partial charge in [-0.2, -0.15) is 0 Å². The van der Waals surface area contributed by atoms with Gasteiger partial charge >= 0.3 is 0 Å². The number of ketones is 1. The molecule has 0 amide bonds. The van der Waals surface area contributed by atoms with Crippen molar-refractivity contribution in [3.63, 3.8) is 0 Å². The number of methoxy groups -OCH3 is 1. The summed E-state index contributed by atoms with van der Waals surface area (Å²) in [6, 6.07) is 3.62. The summed E-state index contributed by atoms with van der Waals surface area (Å²) in [5, 5.41) is 0. The zero-order valence-electron chi connectivity index (χ0n) is 10.1. The Morgan fingerprint density at radius 2 is 1.94 bits per heavy atom. The van der Waals surface area contributed by atoms with Gasteiger partial charge in [-0.05, 0) is 37.0 Å². The van der Waals surface area contributed by atoms with E-state index >= 15 is 0 Å². The van der Waals surface area contributed by atoms with Crippen molar-refractivity contribution in [2.75, 3.05) is 13.4 Å². The van der Waals surface area contributed by atoms with Crippen molar-refractivity contribution in [3.8, 4) is 5.75 Å². The summed E-state index contributed by atoms with van der Waals surface area (Å²) in [4.78, 5) is 12.6. The van der Waals surface area contributed by atoms with Crippen LogP contribution < -0.4 is 4.74 Å². The monoisotopic (exact) mass is 252 g/mol. The normalized spacial score (nSPS) is 17.2. The lowest BCUT2D eigenvalue weighted by Gasteiger charge is -2.11. The minimum absolute atomic E-state index is 0.159. The van der Waals surface area contributed by atoms with E-state index in [1.165, 1.54) is 0 Å². The fourth-order valence-electron chi connectivity index (χ4n) is 2.19. The average molecular weight is 252 g/mol. The molecule has 1 aliphatic carbocycles. The molecule has 0 heterocycles. The molecule has 0 bridgehead atoms. The summed E-state index contributed by atoms with van der Waals surface area (Å²) in [5.41, 5.74) is 1.76. The van der Waals surface area contributed by atoms with Crippen LogP contribution in [-0.4, -0.2) is 23.4 Å². The molecular formula is C13H16O3S. The van der Waals surface area contributed by atoms with Crippen LogP contribution in [0.25, 0.3) is 0 Å². The predicted octanol–water partition coefficient (Wildman–Crippen LogP) is 2.34. The molecule has 0 saturated carbocycles. The summed E-state index contributed by atoms with van der Waals surface area (Å²) >= 11 is 0. The number of rotatable bonds is 2. The van der Waals surface area contributed by atoms with E-state index in [9.17, 15) is 9.00 Å². The van der Waals surface area contributed by atoms with Gasteiger partial charge in [0.1, 0.15) is 5.75 Å². The van der Waals surface area contributed by atoms with E-state index in [1.54, 1.807) is 19.4 Å². The number of carbonyl (C=O) groups excluding carboxylic acids is 1. The van der Waals surface area contributed by atoms with Crippen LogP contribution in [0.1, 0.15) is 35.2 Å². The Hall–Kier alpha value is -1.16. The lowest BCUT2D eigenvalue weighted by atomic mass is 10.0. The molecule has 3 nitrogen and oxygen atoms in total. The van der Waals surface area contributed by atoms with Crippen molar-refractivity contribution in [2.24, 2.45) is 0 Å². The highest BCUT2D eigenvalue weighted by atomic mass is 32.2. The molecule has 1 aromatic carbocycles. The van der Waals surface area contributed by atoms with Crippen molar-refractivity contribution in [1.82, 2.24) is 0 Å². The number of fused-ring (bicyclic) bond motifs is 1. The van der Waals surface area contributed by atoms with Gasteiger partial charge in [-0.25, -0.2) is 0 Å². The Bertz CT molecular complexity index is 480. The summed E-state index contributed by atoms with van der Waals surface area (Å²) in [6.45, 7) is 0. The number of hydrogen-bond donors (Lipinski definition) is 0. The van der Waals surface area contributed by atoms with Crippen molar-refractivity contribution in [1.29, 1.82) is 0 Å². The fourth-order valence-corrected chi connectivity index (χ4v) is 2.90. The molecule has 0 spiro atoms. The topological polar surface area (TPSA) is 43.4 Å². The highest BCUT2D eigenvalue weighted by Gasteiger charge is 2.19. The van der Waals surface area contributed by atoms with Gasteiger partial charge in [0.15, 0.2) is 5.78 Å². The molecule has 0 radical (unpaired) electrons. The second-order valence-corrected chi connectivity index (χ2v) is 5.59. The second-order valence-electron chi connectivity index (χ2n) is 4.24. The maximum absolute atomic E-state index is 11.9. The maximum atomic E-state index is 11.9. The standard InChI is InChI=1S/C13H16O3S/c1-16-12-7-9-5-3-4-6-11(14)10(9)8-13(12)17(2)15/h7-8H,3-6H2,1-2H3/t17-/m0/s1. The summed E-state index contributed by atoms with van der Waals surface area (Å²) in [6.07, 6.45) is 5.05. The molecule has 4 heteroatoms. The highest BCUT2D eigenvalue weighted by molar-refractivity contribution is 7.84. The van der Waals surface area contributed by atoms with Crippen molar-refractivity contribution in [3.05, 3.63) is 23.3 Å². The third-order valence-electron chi connectivity index (χ3n) is 3.10. The molecule has 1 aromatic rings. The van der Waals surface area contributed by atoms with Gasteiger partial charge in [-0.15, -0.1) is 0 Å². The molecular weight excluding hydrogens is 236 g/mol. The first kappa shape index (κ1) is 12.3. The van der Waals surface area contributed by atoms with Crippen molar-refractivity contribution < 1.29 is 13.7 Å². The van der Waals surface area contributed by atoms with E-state index in [0.717, 1.165) is 30.4 Å². The first-order chi connectivity index (χ1) is 8.13. The van der Waals surface area contributed by atoms with Crippen LogP contribution in [0.5, 0.6) is 5.75 Å². The number of Topliss-reactive ketones (excluding diaryl/α,β-unsaturated/α-hetero) is 1. The zero-order valence-corrected chi connectivity index (χ0v) is 10.9. The van der Waals surface area contributed by atoms with Crippen molar-refractivity contribution in [2.45, 2.75) is 30.6 Å². The molecule has 0 saturated heterocycles. The first-order valence-corrected chi connectivity index (χ1v) is 7.27. The molecule has 0 N–H and O–H groups in total. The molecule has 1 atom stereocenters. The average Bonchev–Trinajstić information content (AvgIpc) is 2.49. The summed E-state index contributed by atoms with van der Waals surface area (Å²) < 4.78 is 16.9. The van der Waals surface area contributed by atoms with Crippen LogP contribution in [0.15, 0.2) is 17.0 Å². The van der Waals surface area contributed by atoms with Crippen LogP contribution in [0.3, 0.4) is 0 Å². The van der Waals surface area contributed by atoms with Gasteiger partial charge in [-0.1, -0.05) is 0 Å². The van der Waals surface area contributed by atoms with Crippen LogP contribution in [-0.2, 0) is 17.2 Å². The van der Waals surface area contributed by atoms with Crippen molar-refractivity contribution >= 4 is 16.6 Å². The Balaban J connectivity index is 2.58. The maximum Gasteiger partial charge on any atom is 0.163 e. The van der Waals surface area contributed by atoms with Gasteiger partial charge in [0.2, 0.25) is 0 Å². The van der Waals surface area contributed by atoms with Gasteiger partial charge < -0.3 is 4.74 Å². The number of aryl methyl sites for hydroxylation is 1.